The van der Waals surface area contributed by atoms with Crippen molar-refractivity contribution in [1.29, 1.82) is 0 Å². The average Bonchev–Trinajstić information content (AvgIpc) is 3.11. The number of hydrogen-bond donors (Lipinski definition) is 4. The topological polar surface area (TPSA) is 183 Å². The molecule has 0 bridgehead atoms. The highest BCUT2D eigenvalue weighted by Gasteiger charge is 2.40. The summed E-state index contributed by atoms with van der Waals surface area (Å²) in [6.45, 7) is 9.83. The summed E-state index contributed by atoms with van der Waals surface area (Å²) in [6, 6.07) is 16.7. The monoisotopic (exact) mass is 712 g/mol. The van der Waals surface area contributed by atoms with Gasteiger partial charge in [0.05, 0.1) is 13.2 Å². The van der Waals surface area contributed by atoms with Gasteiger partial charge in [0.25, 0.3) is 0 Å². The molecule has 0 radical (unpaired) electrons. The second kappa shape index (κ2) is 19.1. The van der Waals surface area contributed by atoms with Crippen molar-refractivity contribution < 1.29 is 42.9 Å². The molecule has 280 valence electrons. The van der Waals surface area contributed by atoms with Crippen molar-refractivity contribution in [3.63, 3.8) is 0 Å². The molecule has 15 heteroatoms. The lowest BCUT2D eigenvalue weighted by molar-refractivity contribution is -0.177. The molecular formula is C36H52N6O9. The molecule has 0 saturated carbocycles. The fraction of sp³-hybridized carbons (Fsp3) is 0.556. The van der Waals surface area contributed by atoms with E-state index >= 15 is 0 Å². The lowest BCUT2D eigenvalue weighted by Gasteiger charge is -2.39. The fourth-order valence-electron chi connectivity index (χ4n) is 5.39. The molecule has 0 aliphatic carbocycles. The molecule has 2 aliphatic rings. The molecule has 5 N–H and O–H groups in total. The zero-order valence-electron chi connectivity index (χ0n) is 29.9. The zero-order valence-corrected chi connectivity index (χ0v) is 29.9. The number of nitrogens with zero attached hydrogens (tertiary/aromatic N) is 2. The third-order valence-electron chi connectivity index (χ3n) is 8.08. The highest BCUT2D eigenvalue weighted by Crippen LogP contribution is 2.24. The molecule has 2 aromatic carbocycles. The van der Waals surface area contributed by atoms with Crippen molar-refractivity contribution in [2.24, 2.45) is 5.73 Å². The molecule has 0 spiro atoms. The van der Waals surface area contributed by atoms with Crippen LogP contribution in [-0.2, 0) is 43.4 Å². The van der Waals surface area contributed by atoms with Gasteiger partial charge in [-0.1, -0.05) is 54.6 Å². The largest absolute Gasteiger partial charge is 0.447 e. The maximum absolute atomic E-state index is 13.3. The first-order valence-electron chi connectivity index (χ1n) is 17.3. The molecule has 15 nitrogen and oxygen atoms in total. The van der Waals surface area contributed by atoms with E-state index in [0.717, 1.165) is 16.7 Å². The minimum atomic E-state index is -0.688. The van der Waals surface area contributed by atoms with Crippen LogP contribution in [0.1, 0.15) is 50.8 Å². The Hall–Kier alpha value is -4.60. The summed E-state index contributed by atoms with van der Waals surface area (Å²) in [4.78, 5) is 53.6. The second-order valence-corrected chi connectivity index (χ2v) is 13.6. The summed E-state index contributed by atoms with van der Waals surface area (Å²) >= 11 is 0. The predicted molar refractivity (Wildman–Crippen MR) is 188 cm³/mol. The quantitative estimate of drug-likeness (QED) is 0.238. The third-order valence-corrected chi connectivity index (χ3v) is 8.08. The van der Waals surface area contributed by atoms with Gasteiger partial charge in [-0.15, -0.1) is 0 Å². The molecule has 51 heavy (non-hydrogen) atoms. The first-order valence-corrected chi connectivity index (χ1v) is 17.3. The summed E-state index contributed by atoms with van der Waals surface area (Å²) in [6.07, 6.45) is -3.20. The maximum Gasteiger partial charge on any atom is 0.410 e. The Morgan fingerprint density at radius 3 is 2.12 bits per heavy atom. The van der Waals surface area contributed by atoms with Crippen LogP contribution < -0.4 is 21.7 Å². The van der Waals surface area contributed by atoms with Gasteiger partial charge in [-0.05, 0) is 44.4 Å². The van der Waals surface area contributed by atoms with Crippen LogP contribution in [0.2, 0.25) is 0 Å². The zero-order chi connectivity index (χ0) is 36.8. The molecule has 2 aliphatic heterocycles. The Balaban J connectivity index is 1.23. The van der Waals surface area contributed by atoms with Crippen LogP contribution in [0.15, 0.2) is 54.6 Å². The number of carbonyl (C=O) groups is 4. The van der Waals surface area contributed by atoms with Crippen LogP contribution >= 0.6 is 0 Å². The number of alkyl carbamates (subject to hydrolysis) is 2. The SMILES string of the molecule is CC(N)CNC(=O)OC[C@H]1OCC[C@@H](OC(=O)N2CCN(C(=O)NCc3ccc(CNC(=O)OC(C)(C)C)cc3)CC2)[C@@H]1OCc1ccccc1. The third kappa shape index (κ3) is 13.6. The van der Waals surface area contributed by atoms with E-state index in [4.69, 9.17) is 29.4 Å². The number of amides is 5. The van der Waals surface area contributed by atoms with Gasteiger partial charge in [-0.25, -0.2) is 19.2 Å². The number of nitrogens with one attached hydrogen (secondary N) is 3. The van der Waals surface area contributed by atoms with Gasteiger partial charge in [-0.3, -0.25) is 0 Å². The Morgan fingerprint density at radius 1 is 0.863 bits per heavy atom. The summed E-state index contributed by atoms with van der Waals surface area (Å²) in [5, 5.41) is 8.26. The van der Waals surface area contributed by atoms with E-state index in [1.54, 1.807) is 37.5 Å². The highest BCUT2D eigenvalue weighted by molar-refractivity contribution is 5.75. The molecule has 2 heterocycles. The average molecular weight is 713 g/mol. The van der Waals surface area contributed by atoms with E-state index in [1.165, 1.54) is 0 Å². The second-order valence-electron chi connectivity index (χ2n) is 13.6. The van der Waals surface area contributed by atoms with Crippen molar-refractivity contribution >= 4 is 24.3 Å². The summed E-state index contributed by atoms with van der Waals surface area (Å²) in [5.41, 5.74) is 7.88. The Morgan fingerprint density at radius 2 is 1.49 bits per heavy atom. The van der Waals surface area contributed by atoms with Crippen LogP contribution in [0.4, 0.5) is 19.2 Å². The summed E-state index contributed by atoms with van der Waals surface area (Å²) in [5.74, 6) is 0. The van der Waals surface area contributed by atoms with E-state index < -0.39 is 42.2 Å². The van der Waals surface area contributed by atoms with E-state index in [2.05, 4.69) is 16.0 Å². The number of hydrogen-bond acceptors (Lipinski definition) is 10. The standard InChI is InChI=1S/C36H52N6O9/c1-25(37)20-39-33(44)49-24-30-31(48-23-28-8-6-5-7-9-28)29(14-19-47-30)50-35(46)42-17-15-41(16-18-42)32(43)38-21-26-10-12-27(13-11-26)22-40-34(45)51-36(2,3)4/h5-13,25,29-31H,14-24,37H2,1-4H3,(H,38,43)(H,39,44)(H,40,45)/t25?,29-,30-,31+/m1/s1. The maximum atomic E-state index is 13.3. The van der Waals surface area contributed by atoms with E-state index in [-0.39, 0.29) is 38.4 Å². The van der Waals surface area contributed by atoms with Gasteiger partial charge in [-0.2, -0.15) is 0 Å². The minimum absolute atomic E-state index is 0.0957. The van der Waals surface area contributed by atoms with E-state index in [1.807, 2.05) is 54.6 Å². The number of carbonyl (C=O) groups excluding carboxylic acids is 4. The van der Waals surface area contributed by atoms with E-state index in [9.17, 15) is 19.2 Å². The predicted octanol–water partition coefficient (Wildman–Crippen LogP) is 3.49. The molecule has 2 saturated heterocycles. The van der Waals surface area contributed by atoms with Crippen LogP contribution in [0.25, 0.3) is 0 Å². The van der Waals surface area contributed by atoms with Crippen LogP contribution in [-0.4, -0.2) is 110 Å². The molecule has 4 rings (SSSR count). The van der Waals surface area contributed by atoms with Crippen molar-refractivity contribution in [3.8, 4) is 0 Å². The molecule has 1 unspecified atom stereocenters. The first kappa shape index (κ1) is 39.2. The van der Waals surface area contributed by atoms with Crippen molar-refractivity contribution in [2.75, 3.05) is 45.9 Å². The van der Waals surface area contributed by atoms with Crippen molar-refractivity contribution in [1.82, 2.24) is 25.8 Å². The molecule has 4 atom stereocenters. The summed E-state index contributed by atoms with van der Waals surface area (Å²) in [7, 11) is 0. The Kier molecular flexibility index (Phi) is 14.7. The fourth-order valence-corrected chi connectivity index (χ4v) is 5.39. The van der Waals surface area contributed by atoms with Crippen molar-refractivity contribution in [3.05, 3.63) is 71.3 Å². The van der Waals surface area contributed by atoms with Gasteiger partial charge >= 0.3 is 24.3 Å². The lowest BCUT2D eigenvalue weighted by atomic mass is 10.0. The number of piperazine rings is 1. The molecular weight excluding hydrogens is 660 g/mol. The van der Waals surface area contributed by atoms with Crippen LogP contribution in [0, 0.1) is 0 Å². The highest BCUT2D eigenvalue weighted by atomic mass is 16.6. The van der Waals surface area contributed by atoms with Crippen LogP contribution in [0.5, 0.6) is 0 Å². The molecule has 2 fully saturated rings. The number of ether oxygens (including phenoxy) is 5. The number of benzene rings is 2. The molecule has 5 amide bonds. The molecule has 2 aromatic rings. The van der Waals surface area contributed by atoms with Gasteiger partial charge in [0.1, 0.15) is 30.5 Å². The first-order chi connectivity index (χ1) is 24.4. The van der Waals surface area contributed by atoms with Gasteiger partial charge < -0.3 is 55.2 Å². The van der Waals surface area contributed by atoms with Gasteiger partial charge in [0, 0.05) is 58.3 Å². The van der Waals surface area contributed by atoms with Crippen LogP contribution in [0.3, 0.4) is 0 Å². The molecule has 0 aromatic heterocycles. The van der Waals surface area contributed by atoms with Gasteiger partial charge in [0.15, 0.2) is 0 Å². The van der Waals surface area contributed by atoms with E-state index in [0.29, 0.717) is 45.7 Å². The Labute approximate surface area is 299 Å². The van der Waals surface area contributed by atoms with Gasteiger partial charge in [0.2, 0.25) is 0 Å². The lowest BCUT2D eigenvalue weighted by Crippen LogP contribution is -2.55. The Bertz CT molecular complexity index is 1410. The normalized spacial score (nSPS) is 19.7. The minimum Gasteiger partial charge on any atom is -0.447 e. The summed E-state index contributed by atoms with van der Waals surface area (Å²) < 4.78 is 28.8. The number of urea groups is 1. The smallest absolute Gasteiger partial charge is 0.410 e. The number of rotatable bonds is 12. The number of nitrogens with two attached hydrogens (primary N) is 1. The van der Waals surface area contributed by atoms with Crippen molar-refractivity contribution in [2.45, 2.75) is 83.8 Å².